The second-order valence-corrected chi connectivity index (χ2v) is 7.61. The molecule has 2 aromatic heterocycles. The molecular formula is C23H22N6O2. The highest BCUT2D eigenvalue weighted by molar-refractivity contribution is 5.78. The van der Waals surface area contributed by atoms with Crippen LogP contribution < -0.4 is 10.5 Å². The Kier molecular flexibility index (Phi) is 5.03. The molecule has 5 rings (SSSR count). The molecule has 1 amide bonds. The first-order valence-corrected chi connectivity index (χ1v) is 10.4. The summed E-state index contributed by atoms with van der Waals surface area (Å²) in [5.74, 6) is 0.872. The predicted molar refractivity (Wildman–Crippen MR) is 119 cm³/mol. The van der Waals surface area contributed by atoms with E-state index >= 15 is 0 Å². The van der Waals surface area contributed by atoms with Crippen molar-refractivity contribution in [2.45, 2.75) is 12.8 Å². The van der Waals surface area contributed by atoms with E-state index in [0.717, 1.165) is 22.4 Å². The van der Waals surface area contributed by atoms with E-state index < -0.39 is 0 Å². The van der Waals surface area contributed by atoms with Gasteiger partial charge in [0.05, 0.1) is 28.3 Å². The number of carbonyl (C=O) groups is 1. The van der Waals surface area contributed by atoms with Gasteiger partial charge in [0.25, 0.3) is 5.56 Å². The molecule has 1 N–H and O–H groups in total. The average Bonchev–Trinajstić information content (AvgIpc) is 2.82. The molecule has 0 spiro atoms. The summed E-state index contributed by atoms with van der Waals surface area (Å²) in [5.41, 5.74) is 3.34. The molecule has 0 unspecified atom stereocenters. The standard InChI is InChI=1S/C23H22N6O2/c30-22(10-9-20-23(31)27-19-8-4-3-7-18(19)25-20)29-13-11-28(12-14-29)21-15-24-16-5-1-2-6-17(16)26-21/h1-8,15H,9-14H2,(H,27,31). The molecule has 1 aliphatic heterocycles. The number of anilines is 1. The lowest BCUT2D eigenvalue weighted by atomic mass is 10.2. The zero-order valence-corrected chi connectivity index (χ0v) is 17.0. The summed E-state index contributed by atoms with van der Waals surface area (Å²) in [6.45, 7) is 2.64. The number of para-hydroxylation sites is 4. The number of benzene rings is 2. The highest BCUT2D eigenvalue weighted by Crippen LogP contribution is 2.17. The van der Waals surface area contributed by atoms with Crippen molar-refractivity contribution in [1.82, 2.24) is 24.8 Å². The highest BCUT2D eigenvalue weighted by Gasteiger charge is 2.22. The number of nitrogens with one attached hydrogen (secondary N) is 1. The van der Waals surface area contributed by atoms with Crippen LogP contribution in [0.2, 0.25) is 0 Å². The largest absolute Gasteiger partial charge is 0.352 e. The lowest BCUT2D eigenvalue weighted by Crippen LogP contribution is -2.49. The van der Waals surface area contributed by atoms with Crippen molar-refractivity contribution in [2.24, 2.45) is 0 Å². The second kappa shape index (κ2) is 8.14. The number of fused-ring (bicyclic) bond motifs is 2. The molecular weight excluding hydrogens is 392 g/mol. The quantitative estimate of drug-likeness (QED) is 0.550. The van der Waals surface area contributed by atoms with Gasteiger partial charge in [-0.2, -0.15) is 0 Å². The number of aromatic amines is 1. The topological polar surface area (TPSA) is 95.1 Å². The smallest absolute Gasteiger partial charge is 0.270 e. The van der Waals surface area contributed by atoms with Crippen molar-refractivity contribution >= 4 is 33.8 Å². The van der Waals surface area contributed by atoms with Gasteiger partial charge in [-0.25, -0.2) is 9.97 Å². The van der Waals surface area contributed by atoms with Crippen molar-refractivity contribution in [3.8, 4) is 0 Å². The molecule has 0 bridgehead atoms. The minimum atomic E-state index is -0.230. The molecule has 0 saturated carbocycles. The summed E-state index contributed by atoms with van der Waals surface area (Å²) in [5, 5.41) is 0. The normalized spacial score (nSPS) is 14.3. The molecule has 2 aromatic carbocycles. The van der Waals surface area contributed by atoms with E-state index in [0.29, 0.717) is 43.8 Å². The van der Waals surface area contributed by atoms with Crippen LogP contribution in [0.15, 0.2) is 59.5 Å². The number of aryl methyl sites for hydroxylation is 1. The lowest BCUT2D eigenvalue weighted by molar-refractivity contribution is -0.131. The maximum absolute atomic E-state index is 12.7. The number of H-pyrrole nitrogens is 1. The number of aromatic nitrogens is 4. The number of hydrogen-bond acceptors (Lipinski definition) is 6. The summed E-state index contributed by atoms with van der Waals surface area (Å²) in [6.07, 6.45) is 2.39. The van der Waals surface area contributed by atoms with Gasteiger partial charge in [0.1, 0.15) is 11.5 Å². The van der Waals surface area contributed by atoms with Crippen molar-refractivity contribution in [2.75, 3.05) is 31.1 Å². The van der Waals surface area contributed by atoms with Crippen LogP contribution >= 0.6 is 0 Å². The first kappa shape index (κ1) is 19.2. The summed E-state index contributed by atoms with van der Waals surface area (Å²) >= 11 is 0. The number of hydrogen-bond donors (Lipinski definition) is 1. The monoisotopic (exact) mass is 414 g/mol. The zero-order chi connectivity index (χ0) is 21.2. The second-order valence-electron chi connectivity index (χ2n) is 7.61. The molecule has 0 atom stereocenters. The zero-order valence-electron chi connectivity index (χ0n) is 17.0. The number of carbonyl (C=O) groups excluding carboxylic acids is 1. The number of amides is 1. The van der Waals surface area contributed by atoms with E-state index in [1.165, 1.54) is 0 Å². The highest BCUT2D eigenvalue weighted by atomic mass is 16.2. The average molecular weight is 414 g/mol. The van der Waals surface area contributed by atoms with Gasteiger partial charge in [0.15, 0.2) is 0 Å². The van der Waals surface area contributed by atoms with Crippen LogP contribution in [-0.2, 0) is 11.2 Å². The number of piperazine rings is 1. The molecule has 1 aliphatic rings. The van der Waals surface area contributed by atoms with Gasteiger partial charge in [-0.15, -0.1) is 0 Å². The third-order valence-electron chi connectivity index (χ3n) is 5.64. The Balaban J connectivity index is 1.20. The van der Waals surface area contributed by atoms with Crippen LogP contribution in [-0.4, -0.2) is 56.9 Å². The fourth-order valence-electron chi connectivity index (χ4n) is 3.91. The van der Waals surface area contributed by atoms with Crippen molar-refractivity contribution in [3.63, 3.8) is 0 Å². The lowest BCUT2D eigenvalue weighted by Gasteiger charge is -2.35. The summed E-state index contributed by atoms with van der Waals surface area (Å²) in [6, 6.07) is 15.2. The van der Waals surface area contributed by atoms with Crippen LogP contribution in [0.4, 0.5) is 5.82 Å². The SMILES string of the molecule is O=C(CCc1nc2ccccc2[nH]c1=O)N1CCN(c2cnc3ccccc3n2)CC1. The predicted octanol–water partition coefficient (Wildman–Crippen LogP) is 2.15. The molecule has 0 radical (unpaired) electrons. The van der Waals surface area contributed by atoms with Crippen LogP contribution in [0.3, 0.4) is 0 Å². The van der Waals surface area contributed by atoms with Crippen molar-refractivity contribution < 1.29 is 4.79 Å². The molecule has 4 aromatic rings. The molecule has 31 heavy (non-hydrogen) atoms. The Morgan fingerprint density at radius 3 is 2.42 bits per heavy atom. The third kappa shape index (κ3) is 3.96. The summed E-state index contributed by atoms with van der Waals surface area (Å²) in [4.78, 5) is 45.4. The summed E-state index contributed by atoms with van der Waals surface area (Å²) < 4.78 is 0. The van der Waals surface area contributed by atoms with Crippen molar-refractivity contribution in [3.05, 3.63) is 70.8 Å². The molecule has 1 saturated heterocycles. The fraction of sp³-hybridized carbons (Fsp3) is 0.261. The van der Waals surface area contributed by atoms with Gasteiger partial charge in [-0.05, 0) is 24.3 Å². The Hall–Kier alpha value is -3.81. The molecule has 8 nitrogen and oxygen atoms in total. The van der Waals surface area contributed by atoms with E-state index in [2.05, 4.69) is 19.9 Å². The van der Waals surface area contributed by atoms with Gasteiger partial charge in [-0.1, -0.05) is 24.3 Å². The van der Waals surface area contributed by atoms with Gasteiger partial charge < -0.3 is 14.8 Å². The van der Waals surface area contributed by atoms with E-state index in [1.807, 2.05) is 53.4 Å². The minimum absolute atomic E-state index is 0.0404. The molecule has 1 fully saturated rings. The van der Waals surface area contributed by atoms with Gasteiger partial charge >= 0.3 is 0 Å². The van der Waals surface area contributed by atoms with Gasteiger partial charge in [0.2, 0.25) is 5.91 Å². The van der Waals surface area contributed by atoms with E-state index in [-0.39, 0.29) is 17.9 Å². The van der Waals surface area contributed by atoms with Crippen molar-refractivity contribution in [1.29, 1.82) is 0 Å². The number of nitrogens with zero attached hydrogens (tertiary/aromatic N) is 5. The Morgan fingerprint density at radius 1 is 0.903 bits per heavy atom. The maximum atomic E-state index is 12.7. The number of rotatable bonds is 4. The van der Waals surface area contributed by atoms with E-state index in [1.54, 1.807) is 6.20 Å². The maximum Gasteiger partial charge on any atom is 0.270 e. The molecule has 8 heteroatoms. The van der Waals surface area contributed by atoms with Gasteiger partial charge in [-0.3, -0.25) is 14.6 Å². The Labute approximate surface area is 178 Å². The minimum Gasteiger partial charge on any atom is -0.352 e. The first-order valence-electron chi connectivity index (χ1n) is 10.4. The Bertz CT molecular complexity index is 1310. The molecule has 3 heterocycles. The Morgan fingerprint density at radius 2 is 1.61 bits per heavy atom. The van der Waals surface area contributed by atoms with E-state index in [9.17, 15) is 9.59 Å². The van der Waals surface area contributed by atoms with E-state index in [4.69, 9.17) is 4.98 Å². The third-order valence-corrected chi connectivity index (χ3v) is 5.64. The van der Waals surface area contributed by atoms with Gasteiger partial charge in [0, 0.05) is 39.0 Å². The summed E-state index contributed by atoms with van der Waals surface area (Å²) in [7, 11) is 0. The first-order chi connectivity index (χ1) is 15.2. The molecule has 156 valence electrons. The molecule has 0 aliphatic carbocycles. The van der Waals surface area contributed by atoms with Crippen LogP contribution in [0.1, 0.15) is 12.1 Å². The van der Waals surface area contributed by atoms with Crippen LogP contribution in [0.25, 0.3) is 22.1 Å². The van der Waals surface area contributed by atoms with Crippen LogP contribution in [0, 0.1) is 0 Å². The fourth-order valence-corrected chi connectivity index (χ4v) is 3.91. The van der Waals surface area contributed by atoms with Crippen LogP contribution in [0.5, 0.6) is 0 Å².